The molecule has 5 heteroatoms. The summed E-state index contributed by atoms with van der Waals surface area (Å²) in [4.78, 5) is 20.9. The number of nitrogens with zero attached hydrogens (tertiary/aromatic N) is 2. The molecule has 0 bridgehead atoms. The van der Waals surface area contributed by atoms with Crippen LogP contribution in [0.5, 0.6) is 5.88 Å². The van der Waals surface area contributed by atoms with Crippen LogP contribution >= 0.6 is 0 Å². The van der Waals surface area contributed by atoms with Crippen LogP contribution < -0.4 is 10.1 Å². The Bertz CT molecular complexity index is 923. The number of carbonyl (C=O) groups excluding carboxylic acids is 1. The van der Waals surface area contributed by atoms with Crippen LogP contribution in [0.15, 0.2) is 60.8 Å². The lowest BCUT2D eigenvalue weighted by molar-refractivity contribution is -0.116. The lowest BCUT2D eigenvalue weighted by Gasteiger charge is -2.09. The first kappa shape index (κ1) is 18.6. The molecule has 138 valence electrons. The van der Waals surface area contributed by atoms with Gasteiger partial charge in [0.2, 0.25) is 11.8 Å². The third-order valence-corrected chi connectivity index (χ3v) is 3.98. The van der Waals surface area contributed by atoms with Gasteiger partial charge in [0.25, 0.3) is 0 Å². The number of aromatic nitrogens is 2. The van der Waals surface area contributed by atoms with E-state index in [0.717, 1.165) is 28.6 Å². The molecule has 0 saturated heterocycles. The Labute approximate surface area is 159 Å². The molecule has 0 aliphatic carbocycles. The van der Waals surface area contributed by atoms with Crippen LogP contribution in [0.3, 0.4) is 0 Å². The molecule has 2 heterocycles. The number of benzene rings is 1. The molecule has 1 N–H and O–H groups in total. The van der Waals surface area contributed by atoms with Crippen molar-refractivity contribution in [1.82, 2.24) is 15.3 Å². The smallest absolute Gasteiger partial charge is 0.244 e. The van der Waals surface area contributed by atoms with E-state index in [0.29, 0.717) is 25.5 Å². The van der Waals surface area contributed by atoms with Crippen LogP contribution in [0, 0.1) is 0 Å². The van der Waals surface area contributed by atoms with Crippen molar-refractivity contribution in [3.63, 3.8) is 0 Å². The predicted molar refractivity (Wildman–Crippen MR) is 108 cm³/mol. The van der Waals surface area contributed by atoms with Crippen molar-refractivity contribution in [3.05, 3.63) is 72.1 Å². The number of para-hydroxylation sites is 1. The largest absolute Gasteiger partial charge is 0.477 e. The molecule has 0 aliphatic rings. The number of carbonyl (C=O) groups is 1. The minimum Gasteiger partial charge on any atom is -0.477 e. The standard InChI is InChI=1S/C22H23N3O2/c1-2-15-27-22-18(16-17-7-3-4-9-20(17)25-22)10-11-21(26)24-14-12-19-8-5-6-13-23-19/h3-11,13,16H,2,12,14-15H2,1H3,(H,24,26)/b11-10+. The molecule has 5 nitrogen and oxygen atoms in total. The second-order valence-corrected chi connectivity index (χ2v) is 6.12. The molecule has 27 heavy (non-hydrogen) atoms. The molecule has 0 unspecified atom stereocenters. The third kappa shape index (κ3) is 5.38. The van der Waals surface area contributed by atoms with Crippen molar-refractivity contribution in [1.29, 1.82) is 0 Å². The second-order valence-electron chi connectivity index (χ2n) is 6.12. The molecule has 1 amide bonds. The van der Waals surface area contributed by atoms with Crippen LogP contribution in [0.4, 0.5) is 0 Å². The normalized spacial score (nSPS) is 11.0. The topological polar surface area (TPSA) is 64.1 Å². The zero-order valence-corrected chi connectivity index (χ0v) is 15.4. The van der Waals surface area contributed by atoms with Crippen molar-refractivity contribution in [2.45, 2.75) is 19.8 Å². The number of ether oxygens (including phenoxy) is 1. The molecule has 3 aromatic rings. The summed E-state index contributed by atoms with van der Waals surface area (Å²) in [6.45, 7) is 3.17. The van der Waals surface area contributed by atoms with Gasteiger partial charge in [0.15, 0.2) is 0 Å². The first-order valence-electron chi connectivity index (χ1n) is 9.14. The fraction of sp³-hybridized carbons (Fsp3) is 0.227. The first-order chi connectivity index (χ1) is 13.3. The summed E-state index contributed by atoms with van der Waals surface area (Å²) >= 11 is 0. The third-order valence-electron chi connectivity index (χ3n) is 3.98. The predicted octanol–water partition coefficient (Wildman–Crippen LogP) is 3.79. The highest BCUT2D eigenvalue weighted by Gasteiger charge is 2.06. The lowest BCUT2D eigenvalue weighted by Crippen LogP contribution is -2.23. The molecular formula is C22H23N3O2. The van der Waals surface area contributed by atoms with E-state index in [1.165, 1.54) is 6.08 Å². The van der Waals surface area contributed by atoms with Gasteiger partial charge in [0.05, 0.1) is 12.1 Å². The highest BCUT2D eigenvalue weighted by atomic mass is 16.5. The Morgan fingerprint density at radius 3 is 2.85 bits per heavy atom. The highest BCUT2D eigenvalue weighted by Crippen LogP contribution is 2.23. The van der Waals surface area contributed by atoms with Crippen LogP contribution in [-0.4, -0.2) is 29.0 Å². The van der Waals surface area contributed by atoms with Crippen molar-refractivity contribution in [2.75, 3.05) is 13.2 Å². The maximum atomic E-state index is 12.1. The van der Waals surface area contributed by atoms with Gasteiger partial charge in [-0.3, -0.25) is 9.78 Å². The van der Waals surface area contributed by atoms with Gasteiger partial charge in [-0.25, -0.2) is 4.98 Å². The number of hydrogen-bond acceptors (Lipinski definition) is 4. The van der Waals surface area contributed by atoms with Crippen molar-refractivity contribution in [2.24, 2.45) is 0 Å². The summed E-state index contributed by atoms with van der Waals surface area (Å²) in [5, 5.41) is 3.88. The maximum Gasteiger partial charge on any atom is 0.244 e. The summed E-state index contributed by atoms with van der Waals surface area (Å²) in [7, 11) is 0. The number of hydrogen-bond donors (Lipinski definition) is 1. The van der Waals surface area contributed by atoms with E-state index in [2.05, 4.69) is 15.3 Å². The average molecular weight is 361 g/mol. The lowest BCUT2D eigenvalue weighted by atomic mass is 10.1. The van der Waals surface area contributed by atoms with Gasteiger partial charge in [0, 0.05) is 41.9 Å². The van der Waals surface area contributed by atoms with E-state index >= 15 is 0 Å². The Morgan fingerprint density at radius 2 is 2.04 bits per heavy atom. The summed E-state index contributed by atoms with van der Waals surface area (Å²) in [6, 6.07) is 15.6. The van der Waals surface area contributed by atoms with Crippen LogP contribution in [0.1, 0.15) is 24.6 Å². The molecule has 3 rings (SSSR count). The van der Waals surface area contributed by atoms with E-state index in [-0.39, 0.29) is 5.91 Å². The van der Waals surface area contributed by atoms with Gasteiger partial charge >= 0.3 is 0 Å². The van der Waals surface area contributed by atoms with Gasteiger partial charge in [-0.05, 0) is 36.8 Å². The van der Waals surface area contributed by atoms with E-state index in [9.17, 15) is 4.79 Å². The van der Waals surface area contributed by atoms with E-state index in [4.69, 9.17) is 4.74 Å². The Kier molecular flexibility index (Phi) is 6.52. The molecule has 0 atom stereocenters. The van der Waals surface area contributed by atoms with Crippen LogP contribution in [0.2, 0.25) is 0 Å². The number of fused-ring (bicyclic) bond motifs is 1. The van der Waals surface area contributed by atoms with Crippen molar-refractivity contribution >= 4 is 22.9 Å². The quantitative estimate of drug-likeness (QED) is 0.620. The Morgan fingerprint density at radius 1 is 1.19 bits per heavy atom. The molecule has 2 aromatic heterocycles. The average Bonchev–Trinajstić information content (AvgIpc) is 2.71. The van der Waals surface area contributed by atoms with E-state index in [1.54, 1.807) is 12.3 Å². The molecule has 0 radical (unpaired) electrons. The number of pyridine rings is 2. The first-order valence-corrected chi connectivity index (χ1v) is 9.14. The van der Waals surface area contributed by atoms with Gasteiger partial charge in [-0.15, -0.1) is 0 Å². The fourth-order valence-electron chi connectivity index (χ4n) is 2.63. The van der Waals surface area contributed by atoms with Crippen LogP contribution in [-0.2, 0) is 11.2 Å². The molecular weight excluding hydrogens is 338 g/mol. The molecule has 0 aliphatic heterocycles. The zero-order chi connectivity index (χ0) is 18.9. The van der Waals surface area contributed by atoms with Gasteiger partial charge in [-0.1, -0.05) is 31.2 Å². The molecule has 0 fully saturated rings. The van der Waals surface area contributed by atoms with Crippen molar-refractivity contribution in [3.8, 4) is 5.88 Å². The van der Waals surface area contributed by atoms with Crippen molar-refractivity contribution < 1.29 is 9.53 Å². The SMILES string of the molecule is CCCOc1nc2ccccc2cc1/C=C/C(=O)NCCc1ccccn1. The number of nitrogens with one attached hydrogen (secondary N) is 1. The maximum absolute atomic E-state index is 12.1. The monoisotopic (exact) mass is 361 g/mol. The summed E-state index contributed by atoms with van der Waals surface area (Å²) in [6.07, 6.45) is 6.61. The van der Waals surface area contributed by atoms with Gasteiger partial charge in [0.1, 0.15) is 0 Å². The summed E-state index contributed by atoms with van der Waals surface area (Å²) in [5.41, 5.74) is 2.62. The number of amides is 1. The highest BCUT2D eigenvalue weighted by molar-refractivity contribution is 5.93. The van der Waals surface area contributed by atoms with E-state index < -0.39 is 0 Å². The van der Waals surface area contributed by atoms with E-state index in [1.807, 2.05) is 55.5 Å². The minimum atomic E-state index is -0.152. The summed E-state index contributed by atoms with van der Waals surface area (Å²) in [5.74, 6) is 0.397. The van der Waals surface area contributed by atoms with Gasteiger partial charge in [-0.2, -0.15) is 0 Å². The minimum absolute atomic E-state index is 0.152. The summed E-state index contributed by atoms with van der Waals surface area (Å²) < 4.78 is 5.76. The van der Waals surface area contributed by atoms with Crippen LogP contribution in [0.25, 0.3) is 17.0 Å². The molecule has 0 saturated carbocycles. The Balaban J connectivity index is 1.67. The Hall–Kier alpha value is -3.21. The molecule has 1 aromatic carbocycles. The fourth-order valence-corrected chi connectivity index (χ4v) is 2.63. The second kappa shape index (κ2) is 9.48. The zero-order valence-electron chi connectivity index (χ0n) is 15.4. The molecule has 0 spiro atoms. The van der Waals surface area contributed by atoms with Gasteiger partial charge < -0.3 is 10.1 Å². The number of rotatable bonds is 8.